The molecule has 1 fully saturated rings. The molecule has 2 amide bonds. The molecule has 3 N–H and O–H groups in total. The van der Waals surface area contributed by atoms with E-state index in [0.717, 1.165) is 0 Å². The number of nitrogens with zero attached hydrogens (tertiary/aromatic N) is 1. The highest BCUT2D eigenvalue weighted by molar-refractivity contribution is 6.01. The molecule has 1 aromatic heterocycles. The van der Waals surface area contributed by atoms with Gasteiger partial charge in [0.05, 0.1) is 5.56 Å². The predicted molar refractivity (Wildman–Crippen MR) is 61.0 cm³/mol. The number of hydrogen-bond donors (Lipinski definition) is 3. The molecule has 94 valence electrons. The van der Waals surface area contributed by atoms with E-state index in [2.05, 4.69) is 15.6 Å². The first-order valence-corrected chi connectivity index (χ1v) is 5.36. The molecule has 1 unspecified atom stereocenters. The van der Waals surface area contributed by atoms with Crippen molar-refractivity contribution in [1.82, 2.24) is 10.3 Å². The molecule has 1 saturated heterocycles. The Morgan fingerprint density at radius 2 is 2.22 bits per heavy atom. The molecule has 0 radical (unpaired) electrons. The number of piperidine rings is 1. The molecule has 0 bridgehead atoms. The van der Waals surface area contributed by atoms with Crippen LogP contribution in [0.4, 0.5) is 5.82 Å². The van der Waals surface area contributed by atoms with Crippen LogP contribution in [0.5, 0.6) is 0 Å². The number of anilines is 1. The van der Waals surface area contributed by atoms with E-state index in [9.17, 15) is 14.4 Å². The van der Waals surface area contributed by atoms with Crippen molar-refractivity contribution in [2.45, 2.75) is 18.9 Å². The van der Waals surface area contributed by atoms with Crippen molar-refractivity contribution >= 4 is 23.6 Å². The summed E-state index contributed by atoms with van der Waals surface area (Å²) in [4.78, 5) is 36.9. The van der Waals surface area contributed by atoms with E-state index in [0.29, 0.717) is 12.2 Å². The maximum atomic E-state index is 11.5. The van der Waals surface area contributed by atoms with Crippen LogP contribution in [0.1, 0.15) is 23.2 Å². The van der Waals surface area contributed by atoms with Gasteiger partial charge in [-0.2, -0.15) is 0 Å². The monoisotopic (exact) mass is 249 g/mol. The average molecular weight is 249 g/mol. The standard InChI is InChI=1S/C11H11N3O4/c15-9-4-2-7(10(16)14-9)13-8-3-1-6(5-12-8)11(17)18/h1,3,5,7H,2,4H2,(H,12,13)(H,17,18)(H,14,15,16). The number of imide groups is 1. The first-order chi connectivity index (χ1) is 8.56. The second-order valence-electron chi connectivity index (χ2n) is 3.89. The van der Waals surface area contributed by atoms with Gasteiger partial charge in [-0.3, -0.25) is 14.9 Å². The van der Waals surface area contributed by atoms with Crippen molar-refractivity contribution in [1.29, 1.82) is 0 Å². The number of carbonyl (C=O) groups is 3. The second-order valence-corrected chi connectivity index (χ2v) is 3.89. The Kier molecular flexibility index (Phi) is 3.22. The summed E-state index contributed by atoms with van der Waals surface area (Å²) in [7, 11) is 0. The van der Waals surface area contributed by atoms with Crippen LogP contribution in [-0.4, -0.2) is 33.9 Å². The molecule has 1 atom stereocenters. The lowest BCUT2D eigenvalue weighted by atomic mass is 10.1. The van der Waals surface area contributed by atoms with Crippen LogP contribution in [-0.2, 0) is 9.59 Å². The molecule has 1 aliphatic heterocycles. The number of pyridine rings is 1. The number of amides is 2. The Labute approximate surface area is 102 Å². The average Bonchev–Trinajstić information content (AvgIpc) is 2.33. The summed E-state index contributed by atoms with van der Waals surface area (Å²) >= 11 is 0. The Bertz CT molecular complexity index is 498. The van der Waals surface area contributed by atoms with E-state index >= 15 is 0 Å². The van der Waals surface area contributed by atoms with E-state index in [4.69, 9.17) is 5.11 Å². The van der Waals surface area contributed by atoms with Gasteiger partial charge in [-0.1, -0.05) is 0 Å². The highest BCUT2D eigenvalue weighted by atomic mass is 16.4. The molecular formula is C11H11N3O4. The maximum Gasteiger partial charge on any atom is 0.337 e. The SMILES string of the molecule is O=C1CCC(Nc2ccc(C(=O)O)cn2)C(=O)N1. The number of aromatic nitrogens is 1. The normalized spacial score (nSPS) is 19.2. The van der Waals surface area contributed by atoms with Gasteiger partial charge in [-0.15, -0.1) is 0 Å². The van der Waals surface area contributed by atoms with E-state index in [1.807, 2.05) is 0 Å². The van der Waals surface area contributed by atoms with Gasteiger partial charge in [0.1, 0.15) is 11.9 Å². The van der Waals surface area contributed by atoms with Crippen molar-refractivity contribution in [3.8, 4) is 0 Å². The lowest BCUT2D eigenvalue weighted by Crippen LogP contribution is -2.47. The Balaban J connectivity index is 2.03. The van der Waals surface area contributed by atoms with Crippen LogP contribution in [0, 0.1) is 0 Å². The minimum atomic E-state index is -1.06. The molecule has 0 spiro atoms. The fourth-order valence-electron chi connectivity index (χ4n) is 1.62. The minimum Gasteiger partial charge on any atom is -0.478 e. The fraction of sp³-hybridized carbons (Fsp3) is 0.273. The van der Waals surface area contributed by atoms with Gasteiger partial charge in [0.2, 0.25) is 11.8 Å². The van der Waals surface area contributed by atoms with Gasteiger partial charge in [0.25, 0.3) is 0 Å². The van der Waals surface area contributed by atoms with Crippen molar-refractivity contribution in [2.75, 3.05) is 5.32 Å². The summed E-state index contributed by atoms with van der Waals surface area (Å²) in [6.07, 6.45) is 1.88. The molecule has 2 heterocycles. The lowest BCUT2D eigenvalue weighted by molar-refractivity contribution is -0.133. The largest absolute Gasteiger partial charge is 0.478 e. The summed E-state index contributed by atoms with van der Waals surface area (Å²) < 4.78 is 0. The molecule has 0 saturated carbocycles. The van der Waals surface area contributed by atoms with Crippen LogP contribution in [0.25, 0.3) is 0 Å². The number of hydrogen-bond acceptors (Lipinski definition) is 5. The van der Waals surface area contributed by atoms with Gasteiger partial charge in [0, 0.05) is 12.6 Å². The number of carboxylic acid groups (broad SMARTS) is 1. The topological polar surface area (TPSA) is 108 Å². The van der Waals surface area contributed by atoms with Crippen LogP contribution >= 0.6 is 0 Å². The van der Waals surface area contributed by atoms with E-state index in [-0.39, 0.29) is 17.9 Å². The molecule has 1 aromatic rings. The third kappa shape index (κ3) is 2.62. The Morgan fingerprint density at radius 1 is 1.44 bits per heavy atom. The maximum absolute atomic E-state index is 11.5. The van der Waals surface area contributed by atoms with Crippen molar-refractivity contribution in [3.05, 3.63) is 23.9 Å². The number of aromatic carboxylic acids is 1. The van der Waals surface area contributed by atoms with Crippen LogP contribution in [0.2, 0.25) is 0 Å². The Hall–Kier alpha value is -2.44. The van der Waals surface area contributed by atoms with Gasteiger partial charge < -0.3 is 10.4 Å². The summed E-state index contributed by atoms with van der Waals surface area (Å²) in [5.41, 5.74) is 0.0730. The van der Waals surface area contributed by atoms with Crippen molar-refractivity contribution in [3.63, 3.8) is 0 Å². The summed E-state index contributed by atoms with van der Waals surface area (Å²) in [6.45, 7) is 0. The number of nitrogens with one attached hydrogen (secondary N) is 2. The Morgan fingerprint density at radius 3 is 2.78 bits per heavy atom. The molecule has 0 aromatic carbocycles. The third-order valence-electron chi connectivity index (χ3n) is 2.57. The summed E-state index contributed by atoms with van der Waals surface area (Å²) in [5.74, 6) is -1.34. The third-order valence-corrected chi connectivity index (χ3v) is 2.57. The van der Waals surface area contributed by atoms with E-state index in [1.165, 1.54) is 18.3 Å². The minimum absolute atomic E-state index is 0.0730. The van der Waals surface area contributed by atoms with Gasteiger partial charge in [0.15, 0.2) is 0 Å². The molecule has 7 nitrogen and oxygen atoms in total. The summed E-state index contributed by atoms with van der Waals surface area (Å²) in [5, 5.41) is 13.8. The van der Waals surface area contributed by atoms with Crippen LogP contribution in [0.15, 0.2) is 18.3 Å². The predicted octanol–water partition coefficient (Wildman–Crippen LogP) is -0.00310. The molecule has 1 aliphatic rings. The quantitative estimate of drug-likeness (QED) is 0.650. The lowest BCUT2D eigenvalue weighted by Gasteiger charge is -2.22. The highest BCUT2D eigenvalue weighted by Gasteiger charge is 2.26. The smallest absolute Gasteiger partial charge is 0.337 e. The fourth-order valence-corrected chi connectivity index (χ4v) is 1.62. The zero-order valence-electron chi connectivity index (χ0n) is 9.34. The van der Waals surface area contributed by atoms with Gasteiger partial charge in [-0.05, 0) is 18.6 Å². The zero-order valence-corrected chi connectivity index (χ0v) is 9.34. The second kappa shape index (κ2) is 4.82. The first kappa shape index (κ1) is 12.0. The number of carbonyl (C=O) groups excluding carboxylic acids is 2. The summed E-state index contributed by atoms with van der Waals surface area (Å²) in [6, 6.07) is 2.35. The zero-order chi connectivity index (χ0) is 13.1. The molecular weight excluding hydrogens is 238 g/mol. The first-order valence-electron chi connectivity index (χ1n) is 5.36. The van der Waals surface area contributed by atoms with Crippen LogP contribution in [0.3, 0.4) is 0 Å². The van der Waals surface area contributed by atoms with E-state index < -0.39 is 17.9 Å². The molecule has 2 rings (SSSR count). The van der Waals surface area contributed by atoms with E-state index in [1.54, 1.807) is 0 Å². The highest BCUT2D eigenvalue weighted by Crippen LogP contribution is 2.12. The molecule has 18 heavy (non-hydrogen) atoms. The molecule has 7 heteroatoms. The number of rotatable bonds is 3. The molecule has 0 aliphatic carbocycles. The van der Waals surface area contributed by atoms with Gasteiger partial charge in [-0.25, -0.2) is 9.78 Å². The number of carboxylic acids is 1. The van der Waals surface area contributed by atoms with Crippen molar-refractivity contribution in [2.24, 2.45) is 0 Å². The van der Waals surface area contributed by atoms with Gasteiger partial charge >= 0.3 is 5.97 Å². The van der Waals surface area contributed by atoms with Crippen LogP contribution < -0.4 is 10.6 Å². The van der Waals surface area contributed by atoms with Crippen molar-refractivity contribution < 1.29 is 19.5 Å².